The summed E-state index contributed by atoms with van der Waals surface area (Å²) in [4.78, 5) is 80.9. The second-order valence-corrected chi connectivity index (χ2v) is 18.8. The molecule has 3 saturated heterocycles. The standard InChI is InChI=1S/C47H57ClN10O7/c1-26(2)57-38-9-6-31(16-29(38)18-40(46(57)63)64-25-42(60)49-5)51-43-37(48)21-50-47(53-43)54-14-12-34(13-15-54)65-35-19-33(20-35)55-22-27(3)58(28(4)23-55)32-7-8-36-30(17-32)24-56(45(36)62)39-10-11-41(59)52-44(39)61/h6-9,16-18,21,26-28,33-35,39H,10-15,19-20,22-25H2,1-5H3,(H,49,60)(H,50,51,53)(H,52,59,61)/t27-,28-,33-,35-,39?/m0/s1. The molecule has 1 unspecified atom stereocenters. The number of nitrogens with zero attached hydrogens (tertiary/aromatic N) is 7. The summed E-state index contributed by atoms with van der Waals surface area (Å²) in [7, 11) is 1.52. The Morgan fingerprint density at radius 2 is 1.72 bits per heavy atom. The van der Waals surface area contributed by atoms with Gasteiger partial charge in [-0.3, -0.25) is 34.2 Å². The van der Waals surface area contributed by atoms with Gasteiger partial charge in [0.05, 0.1) is 23.9 Å². The number of imide groups is 1. The predicted molar refractivity (Wildman–Crippen MR) is 247 cm³/mol. The maximum atomic E-state index is 13.3. The van der Waals surface area contributed by atoms with E-state index in [-0.39, 0.29) is 72.4 Å². The van der Waals surface area contributed by atoms with Crippen LogP contribution in [0.2, 0.25) is 5.02 Å². The number of piperazine rings is 1. The largest absolute Gasteiger partial charge is 0.478 e. The molecule has 17 nitrogen and oxygen atoms in total. The van der Waals surface area contributed by atoms with Crippen LogP contribution in [-0.2, 0) is 25.7 Å². The Labute approximate surface area is 382 Å². The lowest BCUT2D eigenvalue weighted by molar-refractivity contribution is -0.137. The Kier molecular flexibility index (Phi) is 12.5. The second-order valence-electron chi connectivity index (χ2n) is 18.4. The van der Waals surface area contributed by atoms with E-state index in [0.29, 0.717) is 47.0 Å². The van der Waals surface area contributed by atoms with Gasteiger partial charge in [-0.05, 0) is 108 Å². The number of ether oxygens (including phenoxy) is 2. The molecule has 4 aromatic rings. The van der Waals surface area contributed by atoms with E-state index in [1.807, 2.05) is 44.2 Å². The van der Waals surface area contributed by atoms with Gasteiger partial charge < -0.3 is 39.4 Å². The molecule has 3 atom stereocenters. The maximum absolute atomic E-state index is 13.3. The minimum atomic E-state index is -0.622. The van der Waals surface area contributed by atoms with E-state index < -0.39 is 11.9 Å². The normalized spacial score (nSPS) is 24.0. The predicted octanol–water partition coefficient (Wildman–Crippen LogP) is 4.77. The fourth-order valence-corrected chi connectivity index (χ4v) is 10.4. The van der Waals surface area contributed by atoms with E-state index in [0.717, 1.165) is 74.0 Å². The van der Waals surface area contributed by atoms with Crippen LogP contribution in [0.15, 0.2) is 53.5 Å². The van der Waals surface area contributed by atoms with E-state index in [9.17, 15) is 24.0 Å². The van der Waals surface area contributed by atoms with Crippen molar-refractivity contribution in [2.75, 3.05) is 55.0 Å². The lowest BCUT2D eigenvalue weighted by Crippen LogP contribution is -2.62. The third-order valence-corrected chi connectivity index (χ3v) is 13.9. The van der Waals surface area contributed by atoms with Crippen molar-refractivity contribution >= 4 is 69.3 Å². The number of halogens is 1. The van der Waals surface area contributed by atoms with E-state index in [2.05, 4.69) is 55.5 Å². The molecule has 2 aromatic heterocycles. The average Bonchev–Trinajstić information content (AvgIpc) is 3.59. The van der Waals surface area contributed by atoms with Gasteiger partial charge in [0.1, 0.15) is 11.1 Å². The molecule has 1 aliphatic carbocycles. The van der Waals surface area contributed by atoms with Crippen LogP contribution in [0.25, 0.3) is 10.9 Å². The zero-order valence-electron chi connectivity index (χ0n) is 37.5. The molecule has 65 heavy (non-hydrogen) atoms. The molecule has 5 aliphatic rings. The molecule has 344 valence electrons. The first-order valence-corrected chi connectivity index (χ1v) is 23.1. The van der Waals surface area contributed by atoms with Crippen molar-refractivity contribution in [3.63, 3.8) is 0 Å². The minimum absolute atomic E-state index is 0.0933. The number of amides is 4. The number of carbonyl (C=O) groups excluding carboxylic acids is 4. The first kappa shape index (κ1) is 44.4. The number of hydrogen-bond donors (Lipinski definition) is 3. The molecule has 0 spiro atoms. The number of hydrogen-bond acceptors (Lipinski definition) is 13. The number of carbonyl (C=O) groups is 4. The van der Waals surface area contributed by atoms with Crippen molar-refractivity contribution in [2.45, 2.75) is 115 Å². The molecule has 1 saturated carbocycles. The number of likely N-dealkylation sites (N-methyl/N-ethyl adjacent to an activating group) is 1. The Balaban J connectivity index is 0.759. The fraction of sp³-hybridized carbons (Fsp3) is 0.511. The zero-order valence-corrected chi connectivity index (χ0v) is 38.3. The lowest BCUT2D eigenvalue weighted by Gasteiger charge is -2.52. The van der Waals surface area contributed by atoms with Crippen LogP contribution in [0.5, 0.6) is 5.75 Å². The van der Waals surface area contributed by atoms with E-state index in [1.54, 1.807) is 21.7 Å². The van der Waals surface area contributed by atoms with Gasteiger partial charge in [0.25, 0.3) is 17.4 Å². The molecular formula is C47H57ClN10O7. The van der Waals surface area contributed by atoms with E-state index >= 15 is 0 Å². The monoisotopic (exact) mass is 908 g/mol. The molecule has 4 aliphatic heterocycles. The maximum Gasteiger partial charge on any atom is 0.293 e. The summed E-state index contributed by atoms with van der Waals surface area (Å²) >= 11 is 6.61. The highest BCUT2D eigenvalue weighted by Gasteiger charge is 2.42. The molecule has 4 amide bonds. The van der Waals surface area contributed by atoms with Gasteiger partial charge in [-0.2, -0.15) is 4.98 Å². The number of anilines is 4. The van der Waals surface area contributed by atoms with Crippen LogP contribution in [0.3, 0.4) is 0 Å². The lowest BCUT2D eigenvalue weighted by atomic mass is 9.86. The van der Waals surface area contributed by atoms with Gasteiger partial charge >= 0.3 is 0 Å². The number of nitrogens with one attached hydrogen (secondary N) is 3. The highest BCUT2D eigenvalue weighted by molar-refractivity contribution is 6.33. The summed E-state index contributed by atoms with van der Waals surface area (Å²) < 4.78 is 13.9. The summed E-state index contributed by atoms with van der Waals surface area (Å²) in [5.41, 5.74) is 3.79. The Hall–Kier alpha value is -5.78. The zero-order chi connectivity index (χ0) is 45.7. The highest BCUT2D eigenvalue weighted by atomic mass is 35.5. The molecule has 4 fully saturated rings. The number of aromatic nitrogens is 3. The van der Waals surface area contributed by atoms with E-state index in [1.165, 1.54) is 7.05 Å². The molecule has 18 heteroatoms. The van der Waals surface area contributed by atoms with Crippen LogP contribution in [-0.4, -0.2) is 124 Å². The Bertz CT molecular complexity index is 2560. The average molecular weight is 909 g/mol. The third-order valence-electron chi connectivity index (χ3n) is 13.6. The molecule has 0 radical (unpaired) electrons. The summed E-state index contributed by atoms with van der Waals surface area (Å²) in [5, 5.41) is 9.36. The third kappa shape index (κ3) is 8.97. The van der Waals surface area contributed by atoms with Crippen LogP contribution < -0.4 is 36.0 Å². The summed E-state index contributed by atoms with van der Waals surface area (Å²) in [6.45, 7) is 11.9. The van der Waals surface area contributed by atoms with Crippen molar-refractivity contribution in [1.82, 2.24) is 35.0 Å². The van der Waals surface area contributed by atoms with Crippen molar-refractivity contribution in [3.05, 3.63) is 75.2 Å². The van der Waals surface area contributed by atoms with E-state index in [4.69, 9.17) is 26.1 Å². The van der Waals surface area contributed by atoms with Gasteiger partial charge in [0.2, 0.25) is 17.8 Å². The SMILES string of the molecule is CNC(=O)COc1cc2cc(Nc3nc(N4CCC(O[C@H]5C[C@H](N6C[C@H](C)N(c7ccc8c(c7)CN(C7CCC(=O)NC7=O)C8=O)[C@@H](C)C6)C5)CC4)ncc3Cl)ccc2n(C(C)C)c1=O. The number of fused-ring (bicyclic) bond motifs is 2. The fourth-order valence-electron chi connectivity index (χ4n) is 10.3. The van der Waals surface area contributed by atoms with Gasteiger partial charge in [0.15, 0.2) is 18.2 Å². The smallest absolute Gasteiger partial charge is 0.293 e. The quantitative estimate of drug-likeness (QED) is 0.166. The summed E-state index contributed by atoms with van der Waals surface area (Å²) in [6.07, 6.45) is 6.37. The first-order valence-electron chi connectivity index (χ1n) is 22.8. The molecule has 9 rings (SSSR count). The molecule has 3 N–H and O–H groups in total. The van der Waals surface area contributed by atoms with Gasteiger partial charge in [-0.25, -0.2) is 4.98 Å². The molecular weight excluding hydrogens is 852 g/mol. The van der Waals surface area contributed by atoms with Gasteiger partial charge in [-0.15, -0.1) is 0 Å². The van der Waals surface area contributed by atoms with Gasteiger partial charge in [0, 0.05) is 92.7 Å². The molecule has 0 bridgehead atoms. The number of piperidine rings is 2. The summed E-state index contributed by atoms with van der Waals surface area (Å²) in [5.74, 6) is -0.0159. The van der Waals surface area contributed by atoms with Crippen molar-refractivity contribution in [3.8, 4) is 5.75 Å². The Morgan fingerprint density at radius 1 is 0.969 bits per heavy atom. The number of rotatable bonds is 12. The van der Waals surface area contributed by atoms with Crippen molar-refractivity contribution in [1.29, 1.82) is 0 Å². The molecule has 2 aromatic carbocycles. The second kappa shape index (κ2) is 18.2. The topological polar surface area (TPSA) is 184 Å². The van der Waals surface area contributed by atoms with Crippen LogP contribution in [0, 0.1) is 0 Å². The Morgan fingerprint density at radius 3 is 2.43 bits per heavy atom. The van der Waals surface area contributed by atoms with Crippen molar-refractivity contribution in [2.24, 2.45) is 0 Å². The number of benzene rings is 2. The number of pyridine rings is 1. The van der Waals surface area contributed by atoms with Gasteiger partial charge in [-0.1, -0.05) is 11.6 Å². The first-order chi connectivity index (χ1) is 31.2. The van der Waals surface area contributed by atoms with Crippen LogP contribution in [0.1, 0.15) is 88.2 Å². The van der Waals surface area contributed by atoms with Crippen LogP contribution >= 0.6 is 11.6 Å². The van der Waals surface area contributed by atoms with Crippen LogP contribution in [0.4, 0.5) is 23.1 Å². The summed E-state index contributed by atoms with van der Waals surface area (Å²) in [6, 6.07) is 13.6. The minimum Gasteiger partial charge on any atom is -0.478 e. The molecule has 6 heterocycles. The highest BCUT2D eigenvalue weighted by Crippen LogP contribution is 2.37. The van der Waals surface area contributed by atoms with Crippen molar-refractivity contribution < 1.29 is 28.7 Å².